The highest BCUT2D eigenvalue weighted by Gasteiger charge is 2.36. The predicted molar refractivity (Wildman–Crippen MR) is 88.1 cm³/mol. The summed E-state index contributed by atoms with van der Waals surface area (Å²) < 4.78 is 12.2. The van der Waals surface area contributed by atoms with Crippen LogP contribution >= 0.6 is 0 Å². The van der Waals surface area contributed by atoms with Crippen LogP contribution in [-0.2, 0) is 9.47 Å². The van der Waals surface area contributed by atoms with Crippen molar-refractivity contribution in [2.24, 2.45) is 17.3 Å². The van der Waals surface area contributed by atoms with Crippen molar-refractivity contribution in [3.8, 4) is 0 Å². The van der Waals surface area contributed by atoms with E-state index < -0.39 is 0 Å². The summed E-state index contributed by atoms with van der Waals surface area (Å²) in [5.74, 6) is 1.23. The van der Waals surface area contributed by atoms with Gasteiger partial charge in [0.25, 0.3) is 0 Å². The smallest absolute Gasteiger partial charge is 0.0550 e. The van der Waals surface area contributed by atoms with Gasteiger partial charge in [-0.15, -0.1) is 0 Å². The standard InChI is InChI=1S/C18H38O2/c1-9-16(7)19-12-18(15(5)6,11-14(3)4)13-20-17(8)10-2/h14-17H,9-13H2,1-8H3. The molecule has 0 aliphatic rings. The molecule has 0 saturated heterocycles. The molecule has 0 aromatic heterocycles. The maximum absolute atomic E-state index is 6.10. The largest absolute Gasteiger partial charge is 0.378 e. The third-order valence-electron chi connectivity index (χ3n) is 4.50. The van der Waals surface area contributed by atoms with Crippen molar-refractivity contribution < 1.29 is 9.47 Å². The van der Waals surface area contributed by atoms with Gasteiger partial charge in [0, 0.05) is 5.41 Å². The highest BCUT2D eigenvalue weighted by atomic mass is 16.5. The zero-order chi connectivity index (χ0) is 15.8. The molecule has 20 heavy (non-hydrogen) atoms. The van der Waals surface area contributed by atoms with E-state index in [1.807, 2.05) is 0 Å². The zero-order valence-electron chi connectivity index (χ0n) is 15.2. The maximum Gasteiger partial charge on any atom is 0.0550 e. The maximum atomic E-state index is 6.10. The summed E-state index contributed by atoms with van der Waals surface area (Å²) in [6.45, 7) is 19.5. The fraction of sp³-hybridized carbons (Fsp3) is 1.00. The first-order chi connectivity index (χ1) is 9.27. The van der Waals surface area contributed by atoms with Crippen LogP contribution in [0.4, 0.5) is 0 Å². The van der Waals surface area contributed by atoms with Gasteiger partial charge in [0.2, 0.25) is 0 Å². The molecule has 0 aromatic carbocycles. The van der Waals surface area contributed by atoms with Crippen LogP contribution < -0.4 is 0 Å². The lowest BCUT2D eigenvalue weighted by Crippen LogP contribution is -2.40. The summed E-state index contributed by atoms with van der Waals surface area (Å²) in [7, 11) is 0. The molecule has 0 amide bonds. The Balaban J connectivity index is 4.84. The number of ether oxygens (including phenoxy) is 2. The summed E-state index contributed by atoms with van der Waals surface area (Å²) in [5.41, 5.74) is 0.140. The monoisotopic (exact) mass is 286 g/mol. The second-order valence-corrected chi connectivity index (χ2v) is 7.17. The van der Waals surface area contributed by atoms with Gasteiger partial charge in [0.05, 0.1) is 25.4 Å². The Bertz CT molecular complexity index is 222. The van der Waals surface area contributed by atoms with Gasteiger partial charge in [-0.2, -0.15) is 0 Å². The first kappa shape index (κ1) is 19.9. The highest BCUT2D eigenvalue weighted by Crippen LogP contribution is 2.36. The molecule has 122 valence electrons. The van der Waals surface area contributed by atoms with E-state index in [1.54, 1.807) is 0 Å². The number of rotatable bonds is 11. The first-order valence-corrected chi connectivity index (χ1v) is 8.50. The minimum Gasteiger partial charge on any atom is -0.378 e. The van der Waals surface area contributed by atoms with Crippen molar-refractivity contribution in [1.29, 1.82) is 0 Å². The average Bonchev–Trinajstić information content (AvgIpc) is 2.40. The topological polar surface area (TPSA) is 18.5 Å². The molecule has 2 atom stereocenters. The second kappa shape index (κ2) is 9.78. The molecule has 0 aromatic rings. The summed E-state index contributed by atoms with van der Waals surface area (Å²) in [6, 6.07) is 0. The molecular formula is C18H38O2. The van der Waals surface area contributed by atoms with E-state index in [4.69, 9.17) is 9.47 Å². The lowest BCUT2D eigenvalue weighted by molar-refractivity contribution is -0.0924. The molecule has 0 heterocycles. The lowest BCUT2D eigenvalue weighted by Gasteiger charge is -2.40. The van der Waals surface area contributed by atoms with E-state index in [2.05, 4.69) is 55.4 Å². The molecule has 2 heteroatoms. The van der Waals surface area contributed by atoms with Gasteiger partial charge in [-0.1, -0.05) is 41.5 Å². The quantitative estimate of drug-likeness (QED) is 0.513. The molecule has 2 nitrogen and oxygen atoms in total. The molecule has 0 saturated carbocycles. The fourth-order valence-electron chi connectivity index (χ4n) is 2.39. The Hall–Kier alpha value is -0.0800. The fourth-order valence-corrected chi connectivity index (χ4v) is 2.39. The molecule has 0 fully saturated rings. The van der Waals surface area contributed by atoms with Gasteiger partial charge >= 0.3 is 0 Å². The normalized spacial score (nSPS) is 18.3. The summed E-state index contributed by atoms with van der Waals surface area (Å²) >= 11 is 0. The predicted octanol–water partition coefficient (Wildman–Crippen LogP) is 5.31. The minimum atomic E-state index is 0.140. The van der Waals surface area contributed by atoms with E-state index in [0.29, 0.717) is 24.0 Å². The Kier molecular flexibility index (Phi) is 9.74. The van der Waals surface area contributed by atoms with Gasteiger partial charge in [0.1, 0.15) is 0 Å². The van der Waals surface area contributed by atoms with E-state index in [0.717, 1.165) is 32.5 Å². The van der Waals surface area contributed by atoms with Gasteiger partial charge < -0.3 is 9.47 Å². The summed E-state index contributed by atoms with van der Waals surface area (Å²) in [4.78, 5) is 0. The number of hydrogen-bond donors (Lipinski definition) is 0. The molecular weight excluding hydrogens is 248 g/mol. The van der Waals surface area contributed by atoms with Crippen molar-refractivity contribution in [2.45, 2.75) is 86.9 Å². The third kappa shape index (κ3) is 7.08. The minimum absolute atomic E-state index is 0.140. The van der Waals surface area contributed by atoms with Crippen LogP contribution in [0.5, 0.6) is 0 Å². The van der Waals surface area contributed by atoms with Gasteiger partial charge in [-0.3, -0.25) is 0 Å². The van der Waals surface area contributed by atoms with Crippen molar-refractivity contribution in [3.63, 3.8) is 0 Å². The Labute approximate surface area is 127 Å². The van der Waals surface area contributed by atoms with Crippen LogP contribution in [0, 0.1) is 17.3 Å². The lowest BCUT2D eigenvalue weighted by atomic mass is 9.72. The van der Waals surface area contributed by atoms with E-state index in [-0.39, 0.29) is 5.41 Å². The average molecular weight is 286 g/mol. The van der Waals surface area contributed by atoms with Crippen molar-refractivity contribution in [1.82, 2.24) is 0 Å². The SMILES string of the molecule is CCC(C)OCC(COC(C)CC)(CC(C)C)C(C)C. The second-order valence-electron chi connectivity index (χ2n) is 7.17. The van der Waals surface area contributed by atoms with Crippen LogP contribution in [0.2, 0.25) is 0 Å². The Morgan fingerprint density at radius 3 is 1.40 bits per heavy atom. The van der Waals surface area contributed by atoms with E-state index in [1.165, 1.54) is 0 Å². The van der Waals surface area contributed by atoms with Crippen LogP contribution in [0.15, 0.2) is 0 Å². The molecule has 0 spiro atoms. The van der Waals surface area contributed by atoms with Crippen molar-refractivity contribution >= 4 is 0 Å². The van der Waals surface area contributed by atoms with Gasteiger partial charge in [-0.05, 0) is 44.9 Å². The van der Waals surface area contributed by atoms with Crippen LogP contribution in [0.25, 0.3) is 0 Å². The molecule has 0 N–H and O–H groups in total. The highest BCUT2D eigenvalue weighted by molar-refractivity contribution is 4.84. The molecule has 0 aliphatic heterocycles. The molecule has 2 unspecified atom stereocenters. The van der Waals surface area contributed by atoms with Gasteiger partial charge in [0.15, 0.2) is 0 Å². The van der Waals surface area contributed by atoms with Crippen molar-refractivity contribution in [2.75, 3.05) is 13.2 Å². The zero-order valence-corrected chi connectivity index (χ0v) is 15.2. The van der Waals surface area contributed by atoms with Gasteiger partial charge in [-0.25, -0.2) is 0 Å². The number of hydrogen-bond acceptors (Lipinski definition) is 2. The molecule has 0 aliphatic carbocycles. The molecule has 0 bridgehead atoms. The molecule has 0 radical (unpaired) electrons. The van der Waals surface area contributed by atoms with Crippen LogP contribution in [0.1, 0.15) is 74.7 Å². The first-order valence-electron chi connectivity index (χ1n) is 8.50. The van der Waals surface area contributed by atoms with Crippen LogP contribution in [-0.4, -0.2) is 25.4 Å². The Morgan fingerprint density at radius 2 is 1.15 bits per heavy atom. The molecule has 0 rings (SSSR count). The van der Waals surface area contributed by atoms with Crippen LogP contribution in [0.3, 0.4) is 0 Å². The summed E-state index contributed by atoms with van der Waals surface area (Å²) in [6.07, 6.45) is 3.98. The van der Waals surface area contributed by atoms with E-state index >= 15 is 0 Å². The third-order valence-corrected chi connectivity index (χ3v) is 4.50. The van der Waals surface area contributed by atoms with E-state index in [9.17, 15) is 0 Å². The Morgan fingerprint density at radius 1 is 0.750 bits per heavy atom. The summed E-state index contributed by atoms with van der Waals surface area (Å²) in [5, 5.41) is 0. The van der Waals surface area contributed by atoms with Crippen molar-refractivity contribution in [3.05, 3.63) is 0 Å².